The van der Waals surface area contributed by atoms with Gasteiger partial charge in [-0.25, -0.2) is 4.39 Å². The van der Waals surface area contributed by atoms with Crippen LogP contribution in [0, 0.1) is 6.08 Å². The number of nitrogens with zero attached hydrogens (tertiary/aromatic N) is 2. The summed E-state index contributed by atoms with van der Waals surface area (Å²) in [5.41, 5.74) is 0.324. The van der Waals surface area contributed by atoms with Gasteiger partial charge in [0.15, 0.2) is 12.1 Å². The smallest absolute Gasteiger partial charge is 0.289 e. The topological polar surface area (TPSA) is 53.1 Å². The Kier molecular flexibility index (Phi) is 2.94. The maximum Gasteiger partial charge on any atom is 0.289 e. The first-order chi connectivity index (χ1) is 6.13. The average molecular weight is 188 g/mol. The van der Waals surface area contributed by atoms with Crippen molar-refractivity contribution in [3.05, 3.63) is 11.8 Å². The van der Waals surface area contributed by atoms with Crippen molar-refractivity contribution < 1.29 is 8.78 Å². The molecule has 0 aliphatic carbocycles. The normalized spacial score (nSPS) is 13.5. The first-order valence-corrected chi connectivity index (χ1v) is 3.74. The second-order valence-corrected chi connectivity index (χ2v) is 2.39. The summed E-state index contributed by atoms with van der Waals surface area (Å²) < 4.78 is 24.8. The summed E-state index contributed by atoms with van der Waals surface area (Å²) in [6.07, 6.45) is -0.833. The predicted octanol–water partition coefficient (Wildman–Crippen LogP) is 1.32. The molecule has 1 aromatic heterocycles. The second kappa shape index (κ2) is 3.97. The molecule has 0 aliphatic heterocycles. The minimum absolute atomic E-state index is 0.307. The first-order valence-electron chi connectivity index (χ1n) is 3.74. The van der Waals surface area contributed by atoms with Crippen molar-refractivity contribution in [3.8, 4) is 0 Å². The number of aliphatic imine (C=N–C) groups is 1. The van der Waals surface area contributed by atoms with Crippen LogP contribution in [0.3, 0.4) is 0 Å². The fourth-order valence-corrected chi connectivity index (χ4v) is 0.818. The Morgan fingerprint density at radius 3 is 2.92 bits per heavy atom. The van der Waals surface area contributed by atoms with Gasteiger partial charge in [-0.2, -0.15) is 9.37 Å². The zero-order valence-electron chi connectivity index (χ0n) is 7.31. The Labute approximate surface area is 74.1 Å². The van der Waals surface area contributed by atoms with Gasteiger partial charge in [-0.3, -0.25) is 4.99 Å². The quantitative estimate of drug-likeness (QED) is 0.555. The third-order valence-electron chi connectivity index (χ3n) is 1.35. The number of halogens is 2. The average Bonchev–Trinajstić information content (AvgIpc) is 2.42. The molecule has 6 heteroatoms. The van der Waals surface area contributed by atoms with Gasteiger partial charge in [0.25, 0.3) is 6.08 Å². The highest BCUT2D eigenvalue weighted by Gasteiger charge is 2.05. The van der Waals surface area contributed by atoms with Crippen LogP contribution in [0.5, 0.6) is 0 Å². The van der Waals surface area contributed by atoms with Gasteiger partial charge in [-0.1, -0.05) is 0 Å². The largest absolute Gasteiger partial charge is 0.371 e. The molecule has 72 valence electrons. The highest BCUT2D eigenvalue weighted by atomic mass is 19.1. The molecule has 0 saturated carbocycles. The van der Waals surface area contributed by atoms with Crippen LogP contribution < -0.4 is 5.32 Å². The molecular weight excluding hydrogens is 178 g/mol. The SMILES string of the molecule is CNc1nc(F)[nH]c1C=NC(C)F. The van der Waals surface area contributed by atoms with Crippen LogP contribution >= 0.6 is 0 Å². The van der Waals surface area contributed by atoms with Crippen LogP contribution in [0.15, 0.2) is 4.99 Å². The number of aromatic amines is 1. The van der Waals surface area contributed by atoms with Gasteiger partial charge >= 0.3 is 0 Å². The minimum Gasteiger partial charge on any atom is -0.371 e. The number of imidazole rings is 1. The molecule has 4 nitrogen and oxygen atoms in total. The van der Waals surface area contributed by atoms with Crippen molar-refractivity contribution in [3.63, 3.8) is 0 Å². The molecule has 0 spiro atoms. The van der Waals surface area contributed by atoms with Gasteiger partial charge in [-0.15, -0.1) is 0 Å². The molecule has 1 heterocycles. The van der Waals surface area contributed by atoms with E-state index in [1.54, 1.807) is 7.05 Å². The van der Waals surface area contributed by atoms with Crippen molar-refractivity contribution in [2.45, 2.75) is 13.2 Å². The summed E-state index contributed by atoms with van der Waals surface area (Å²) in [5, 5.41) is 2.64. The zero-order valence-corrected chi connectivity index (χ0v) is 7.31. The summed E-state index contributed by atoms with van der Waals surface area (Å²) in [6, 6.07) is 0. The highest BCUT2D eigenvalue weighted by molar-refractivity contribution is 5.83. The van der Waals surface area contributed by atoms with Gasteiger partial charge in [-0.05, 0) is 6.92 Å². The van der Waals surface area contributed by atoms with Crippen molar-refractivity contribution in [2.75, 3.05) is 12.4 Å². The highest BCUT2D eigenvalue weighted by Crippen LogP contribution is 2.08. The van der Waals surface area contributed by atoms with Crippen LogP contribution in [0.1, 0.15) is 12.6 Å². The summed E-state index contributed by atoms with van der Waals surface area (Å²) in [7, 11) is 1.59. The van der Waals surface area contributed by atoms with E-state index in [0.29, 0.717) is 11.5 Å². The molecule has 0 radical (unpaired) electrons. The minimum atomic E-state index is -1.31. The summed E-state index contributed by atoms with van der Waals surface area (Å²) >= 11 is 0. The number of alkyl halides is 1. The molecule has 1 atom stereocenters. The lowest BCUT2D eigenvalue weighted by Gasteiger charge is -1.94. The molecule has 1 aromatic rings. The Morgan fingerprint density at radius 1 is 1.69 bits per heavy atom. The molecule has 1 rings (SSSR count). The van der Waals surface area contributed by atoms with Crippen LogP contribution in [-0.2, 0) is 0 Å². The predicted molar refractivity (Wildman–Crippen MR) is 46.3 cm³/mol. The monoisotopic (exact) mass is 188 g/mol. The van der Waals surface area contributed by atoms with E-state index in [0.717, 1.165) is 0 Å². The van der Waals surface area contributed by atoms with Crippen LogP contribution in [0.4, 0.5) is 14.6 Å². The van der Waals surface area contributed by atoms with E-state index in [9.17, 15) is 8.78 Å². The number of rotatable bonds is 3. The number of hydrogen-bond acceptors (Lipinski definition) is 3. The van der Waals surface area contributed by atoms with Gasteiger partial charge < -0.3 is 10.3 Å². The van der Waals surface area contributed by atoms with Gasteiger partial charge in [0, 0.05) is 7.05 Å². The van der Waals surface area contributed by atoms with E-state index in [1.165, 1.54) is 13.1 Å². The Bertz CT molecular complexity index is 305. The van der Waals surface area contributed by atoms with Crippen molar-refractivity contribution in [1.82, 2.24) is 9.97 Å². The van der Waals surface area contributed by atoms with Gasteiger partial charge in [0.2, 0.25) is 0 Å². The molecule has 0 saturated heterocycles. The van der Waals surface area contributed by atoms with E-state index < -0.39 is 12.4 Å². The van der Waals surface area contributed by atoms with E-state index in [2.05, 4.69) is 20.3 Å². The number of nitrogens with one attached hydrogen (secondary N) is 2. The van der Waals surface area contributed by atoms with Crippen LogP contribution in [0.25, 0.3) is 0 Å². The summed E-state index contributed by atoms with van der Waals surface area (Å²) in [5.74, 6) is 0.307. The van der Waals surface area contributed by atoms with E-state index in [1.807, 2.05) is 0 Å². The Hall–Kier alpha value is -1.46. The second-order valence-electron chi connectivity index (χ2n) is 2.39. The van der Waals surface area contributed by atoms with Gasteiger partial charge in [0.1, 0.15) is 5.69 Å². The van der Waals surface area contributed by atoms with E-state index >= 15 is 0 Å². The van der Waals surface area contributed by atoms with Gasteiger partial charge in [0.05, 0.1) is 6.21 Å². The van der Waals surface area contributed by atoms with E-state index in [4.69, 9.17) is 0 Å². The lowest BCUT2D eigenvalue weighted by molar-refractivity contribution is 0.377. The van der Waals surface area contributed by atoms with Crippen molar-refractivity contribution >= 4 is 12.0 Å². The molecule has 2 N–H and O–H groups in total. The van der Waals surface area contributed by atoms with Crippen LogP contribution in [0.2, 0.25) is 0 Å². The number of anilines is 1. The number of aromatic nitrogens is 2. The fraction of sp³-hybridized carbons (Fsp3) is 0.429. The zero-order chi connectivity index (χ0) is 9.84. The summed E-state index contributed by atoms with van der Waals surface area (Å²) in [4.78, 5) is 9.20. The molecule has 0 amide bonds. The Morgan fingerprint density at radius 2 is 2.38 bits per heavy atom. The Balaban J connectivity index is 2.86. The molecule has 0 fully saturated rings. The fourth-order valence-electron chi connectivity index (χ4n) is 0.818. The summed E-state index contributed by atoms with van der Waals surface area (Å²) in [6.45, 7) is 1.28. The number of hydrogen-bond donors (Lipinski definition) is 2. The van der Waals surface area contributed by atoms with E-state index in [-0.39, 0.29) is 0 Å². The maximum absolute atomic E-state index is 12.5. The lowest BCUT2D eigenvalue weighted by atomic mass is 10.4. The lowest BCUT2D eigenvalue weighted by Crippen LogP contribution is -1.95. The van der Waals surface area contributed by atoms with Crippen LogP contribution in [-0.4, -0.2) is 29.5 Å². The molecule has 0 aliphatic rings. The van der Waals surface area contributed by atoms with Crippen molar-refractivity contribution in [1.29, 1.82) is 0 Å². The molecule has 13 heavy (non-hydrogen) atoms. The molecule has 0 bridgehead atoms. The molecule has 1 unspecified atom stereocenters. The number of H-pyrrole nitrogens is 1. The molecule has 0 aromatic carbocycles. The maximum atomic E-state index is 12.5. The standard InChI is InChI=1S/C7H10F2N4/c1-4(8)11-3-5-6(10-2)13-7(9)12-5/h3-4,10H,1-2H3,(H,12,13). The third-order valence-corrected chi connectivity index (χ3v) is 1.35. The first kappa shape index (κ1) is 9.63. The third kappa shape index (κ3) is 2.50. The molecular formula is C7H10F2N4. The van der Waals surface area contributed by atoms with Crippen molar-refractivity contribution in [2.24, 2.45) is 4.99 Å².